The largest absolute Gasteiger partial charge is 0.497 e. The lowest BCUT2D eigenvalue weighted by atomic mass is 10.1. The molecule has 0 radical (unpaired) electrons. The number of halogens is 1. The van der Waals surface area contributed by atoms with Crippen LogP contribution in [0.1, 0.15) is 18.9 Å². The fourth-order valence-electron chi connectivity index (χ4n) is 1.97. The number of methoxy groups -OCH3 is 1. The Morgan fingerprint density at radius 3 is 2.61 bits per heavy atom. The van der Waals surface area contributed by atoms with Crippen LogP contribution >= 0.6 is 23.8 Å². The highest BCUT2D eigenvalue weighted by Crippen LogP contribution is 2.16. The molecule has 2 rings (SSSR count). The van der Waals surface area contributed by atoms with Crippen molar-refractivity contribution in [1.29, 1.82) is 0 Å². The summed E-state index contributed by atoms with van der Waals surface area (Å²) in [7, 11) is 1.62. The number of hydrogen-bond acceptors (Lipinski definition) is 3. The van der Waals surface area contributed by atoms with Crippen molar-refractivity contribution in [2.45, 2.75) is 13.3 Å². The van der Waals surface area contributed by atoms with E-state index in [1.54, 1.807) is 7.11 Å². The van der Waals surface area contributed by atoms with Crippen molar-refractivity contribution < 1.29 is 4.74 Å². The summed E-state index contributed by atoms with van der Waals surface area (Å²) in [6.45, 7) is 2.04. The van der Waals surface area contributed by atoms with Crippen LogP contribution in [-0.2, 0) is 0 Å². The van der Waals surface area contributed by atoms with Gasteiger partial charge in [0.2, 0.25) is 0 Å². The number of thiocarbonyl (C=S) groups is 1. The molecule has 0 aliphatic heterocycles. The third kappa shape index (κ3) is 5.23. The highest BCUT2D eigenvalue weighted by Gasteiger charge is 2.03. The van der Waals surface area contributed by atoms with E-state index in [1.165, 1.54) is 0 Å². The summed E-state index contributed by atoms with van der Waals surface area (Å²) >= 11 is 11.2. The van der Waals surface area contributed by atoms with Crippen LogP contribution in [0.25, 0.3) is 0 Å². The van der Waals surface area contributed by atoms with Crippen LogP contribution in [-0.4, -0.2) is 17.9 Å². The van der Waals surface area contributed by atoms with E-state index in [4.69, 9.17) is 28.6 Å². The Labute approximate surface area is 146 Å². The maximum Gasteiger partial charge on any atom is 0.191 e. The highest BCUT2D eigenvalue weighted by molar-refractivity contribution is 7.80. The van der Waals surface area contributed by atoms with Gasteiger partial charge < -0.3 is 10.1 Å². The van der Waals surface area contributed by atoms with Crippen molar-refractivity contribution >= 4 is 40.3 Å². The first kappa shape index (κ1) is 17.2. The van der Waals surface area contributed by atoms with E-state index in [1.807, 2.05) is 55.5 Å². The van der Waals surface area contributed by atoms with Crippen molar-refractivity contribution in [3.05, 3.63) is 59.1 Å². The van der Waals surface area contributed by atoms with Crippen molar-refractivity contribution in [2.75, 3.05) is 12.4 Å². The molecule has 0 aliphatic carbocycles. The van der Waals surface area contributed by atoms with Crippen LogP contribution in [0.2, 0.25) is 5.02 Å². The van der Waals surface area contributed by atoms with Gasteiger partial charge in [-0.25, -0.2) is 0 Å². The summed E-state index contributed by atoms with van der Waals surface area (Å²) in [5, 5.41) is 8.55. The number of nitrogens with one attached hydrogen (secondary N) is 2. The van der Waals surface area contributed by atoms with E-state index in [2.05, 4.69) is 15.8 Å². The number of rotatable bonds is 5. The van der Waals surface area contributed by atoms with E-state index >= 15 is 0 Å². The van der Waals surface area contributed by atoms with Crippen LogP contribution in [0.3, 0.4) is 0 Å². The second-order valence-corrected chi connectivity index (χ2v) is 5.56. The van der Waals surface area contributed by atoms with Crippen LogP contribution in [0.5, 0.6) is 5.75 Å². The van der Waals surface area contributed by atoms with Crippen LogP contribution in [0.15, 0.2) is 53.6 Å². The van der Waals surface area contributed by atoms with Crippen molar-refractivity contribution in [1.82, 2.24) is 5.43 Å². The Morgan fingerprint density at radius 1 is 1.22 bits per heavy atom. The summed E-state index contributed by atoms with van der Waals surface area (Å²) < 4.78 is 5.18. The first-order valence-electron chi connectivity index (χ1n) is 7.16. The van der Waals surface area contributed by atoms with Gasteiger partial charge in [-0.1, -0.05) is 36.7 Å². The third-order valence-electron chi connectivity index (χ3n) is 3.13. The summed E-state index contributed by atoms with van der Waals surface area (Å²) in [5.74, 6) is 0.761. The summed E-state index contributed by atoms with van der Waals surface area (Å²) in [6, 6.07) is 15.1. The SMILES string of the molecule is CC/C(=N/NC(=S)Nc1cccc(OC)c1)c1ccc(Cl)cc1. The van der Waals surface area contributed by atoms with Gasteiger partial charge in [0.1, 0.15) is 5.75 Å². The van der Waals surface area contributed by atoms with E-state index in [-0.39, 0.29) is 0 Å². The molecule has 0 spiro atoms. The molecule has 0 unspecified atom stereocenters. The van der Waals surface area contributed by atoms with Gasteiger partial charge >= 0.3 is 0 Å². The molecular weight excluding hydrogens is 330 g/mol. The molecule has 6 heteroatoms. The van der Waals surface area contributed by atoms with Crippen LogP contribution in [0.4, 0.5) is 5.69 Å². The molecule has 0 atom stereocenters. The Balaban J connectivity index is 2.01. The molecule has 0 amide bonds. The Hall–Kier alpha value is -2.11. The van der Waals surface area contributed by atoms with Gasteiger partial charge in [0.25, 0.3) is 0 Å². The number of benzene rings is 2. The number of hydrogen-bond donors (Lipinski definition) is 2. The first-order valence-corrected chi connectivity index (χ1v) is 7.94. The van der Waals surface area contributed by atoms with Crippen molar-refractivity contribution in [2.24, 2.45) is 5.10 Å². The standard InChI is InChI=1S/C17H18ClN3OS/c1-3-16(12-7-9-13(18)10-8-12)20-21-17(23)19-14-5-4-6-15(11-14)22-2/h4-11H,3H2,1-2H3,(H2,19,21,23)/b20-16-. The quantitative estimate of drug-likeness (QED) is 0.476. The minimum absolute atomic E-state index is 0.415. The van der Waals surface area contributed by atoms with E-state index in [0.29, 0.717) is 10.1 Å². The fourth-order valence-corrected chi connectivity index (χ4v) is 2.26. The number of anilines is 1. The summed E-state index contributed by atoms with van der Waals surface area (Å²) in [6.07, 6.45) is 0.774. The van der Waals surface area contributed by atoms with Gasteiger partial charge in [-0.3, -0.25) is 5.43 Å². The lowest BCUT2D eigenvalue weighted by molar-refractivity contribution is 0.415. The normalized spacial score (nSPS) is 11.0. The summed E-state index contributed by atoms with van der Waals surface area (Å²) in [4.78, 5) is 0. The molecule has 0 bridgehead atoms. The minimum atomic E-state index is 0.415. The van der Waals surface area contributed by atoms with Gasteiger partial charge in [-0.05, 0) is 48.5 Å². The molecule has 0 fully saturated rings. The van der Waals surface area contributed by atoms with Gasteiger partial charge in [-0.2, -0.15) is 5.10 Å². The molecule has 0 aromatic heterocycles. The topological polar surface area (TPSA) is 45.7 Å². The lowest BCUT2D eigenvalue weighted by Gasteiger charge is -2.10. The smallest absolute Gasteiger partial charge is 0.191 e. The van der Waals surface area contributed by atoms with Gasteiger partial charge in [-0.15, -0.1) is 0 Å². The predicted molar refractivity (Wildman–Crippen MR) is 101 cm³/mol. The molecule has 4 nitrogen and oxygen atoms in total. The maximum absolute atomic E-state index is 5.91. The Morgan fingerprint density at radius 2 is 1.96 bits per heavy atom. The molecule has 0 saturated heterocycles. The molecule has 2 N–H and O–H groups in total. The van der Waals surface area contributed by atoms with Crippen molar-refractivity contribution in [3.63, 3.8) is 0 Å². The molecule has 0 aliphatic rings. The molecular formula is C17H18ClN3OS. The zero-order valence-electron chi connectivity index (χ0n) is 13.0. The number of hydrazone groups is 1. The summed E-state index contributed by atoms with van der Waals surface area (Å²) in [5.41, 5.74) is 5.61. The second kappa shape index (κ2) is 8.50. The molecule has 0 saturated carbocycles. The van der Waals surface area contributed by atoms with Crippen LogP contribution in [0, 0.1) is 0 Å². The molecule has 120 valence electrons. The molecule has 2 aromatic rings. The number of ether oxygens (including phenoxy) is 1. The average molecular weight is 348 g/mol. The maximum atomic E-state index is 5.91. The van der Waals surface area contributed by atoms with Crippen LogP contribution < -0.4 is 15.5 Å². The van der Waals surface area contributed by atoms with E-state index < -0.39 is 0 Å². The third-order valence-corrected chi connectivity index (χ3v) is 3.58. The molecule has 2 aromatic carbocycles. The van der Waals surface area contributed by atoms with E-state index in [0.717, 1.165) is 29.1 Å². The fraction of sp³-hybridized carbons (Fsp3) is 0.176. The predicted octanol–water partition coefficient (Wildman–Crippen LogP) is 4.45. The van der Waals surface area contributed by atoms with Crippen molar-refractivity contribution in [3.8, 4) is 5.75 Å². The number of nitrogens with zero attached hydrogens (tertiary/aromatic N) is 1. The zero-order valence-corrected chi connectivity index (χ0v) is 14.5. The highest BCUT2D eigenvalue weighted by atomic mass is 35.5. The van der Waals surface area contributed by atoms with Gasteiger partial charge in [0, 0.05) is 16.8 Å². The average Bonchev–Trinajstić information content (AvgIpc) is 2.57. The zero-order chi connectivity index (χ0) is 16.7. The molecule has 0 heterocycles. The minimum Gasteiger partial charge on any atom is -0.497 e. The van der Waals surface area contributed by atoms with Gasteiger partial charge in [0.15, 0.2) is 5.11 Å². The Bertz CT molecular complexity index is 701. The Kier molecular flexibility index (Phi) is 6.38. The monoisotopic (exact) mass is 347 g/mol. The van der Waals surface area contributed by atoms with E-state index in [9.17, 15) is 0 Å². The molecule has 23 heavy (non-hydrogen) atoms. The van der Waals surface area contributed by atoms with Gasteiger partial charge in [0.05, 0.1) is 12.8 Å². The second-order valence-electron chi connectivity index (χ2n) is 4.72. The lowest BCUT2D eigenvalue weighted by Crippen LogP contribution is -2.25. The first-order chi connectivity index (χ1) is 11.1.